The summed E-state index contributed by atoms with van der Waals surface area (Å²) in [5, 5.41) is 0. The molecule has 0 aliphatic carbocycles. The standard InChI is InChI=1S/C12H10O2/c1-9-8-11-3-5-12(13)4-2-10(11)6-7-14-9/h2-8H,1H3. The van der Waals surface area contributed by atoms with Crippen molar-refractivity contribution in [3.63, 3.8) is 0 Å². The van der Waals surface area contributed by atoms with Gasteiger partial charge in [-0.1, -0.05) is 12.1 Å². The Labute approximate surface area is 82.2 Å². The Morgan fingerprint density at radius 2 is 1.79 bits per heavy atom. The van der Waals surface area contributed by atoms with Gasteiger partial charge in [0, 0.05) is 0 Å². The maximum atomic E-state index is 11.1. The smallest absolute Gasteiger partial charge is 0.178 e. The first kappa shape index (κ1) is 8.75. The summed E-state index contributed by atoms with van der Waals surface area (Å²) in [4.78, 5) is 11.1. The summed E-state index contributed by atoms with van der Waals surface area (Å²) in [6.07, 6.45) is 5.39. The minimum Gasteiger partial charge on any atom is -0.470 e. The molecule has 0 saturated heterocycles. The monoisotopic (exact) mass is 186 g/mol. The van der Waals surface area contributed by atoms with Gasteiger partial charge in [0.25, 0.3) is 0 Å². The van der Waals surface area contributed by atoms with Crippen molar-refractivity contribution in [3.8, 4) is 0 Å². The molecule has 2 rings (SSSR count). The lowest BCUT2D eigenvalue weighted by molar-refractivity contribution is 0.362. The predicted octanol–water partition coefficient (Wildman–Crippen LogP) is 2.41. The highest BCUT2D eigenvalue weighted by Gasteiger charge is 2.00. The van der Waals surface area contributed by atoms with Crippen molar-refractivity contribution in [1.29, 1.82) is 0 Å². The molecule has 1 aromatic rings. The van der Waals surface area contributed by atoms with Crippen molar-refractivity contribution in [2.75, 3.05) is 0 Å². The average Bonchev–Trinajstić information content (AvgIpc) is 2.41. The third kappa shape index (κ3) is 1.74. The van der Waals surface area contributed by atoms with Crippen LogP contribution < -0.4 is 5.43 Å². The molecule has 0 atom stereocenters. The Kier molecular flexibility index (Phi) is 2.19. The van der Waals surface area contributed by atoms with Gasteiger partial charge in [0.1, 0.15) is 5.76 Å². The molecule has 0 amide bonds. The van der Waals surface area contributed by atoms with Crippen molar-refractivity contribution in [1.82, 2.24) is 0 Å². The highest BCUT2D eigenvalue weighted by molar-refractivity contribution is 5.66. The van der Waals surface area contributed by atoms with Crippen molar-refractivity contribution in [2.45, 2.75) is 6.92 Å². The zero-order valence-electron chi connectivity index (χ0n) is 7.86. The van der Waals surface area contributed by atoms with Crippen LogP contribution in [0, 0.1) is 0 Å². The molecule has 1 aliphatic rings. The van der Waals surface area contributed by atoms with Crippen LogP contribution in [0.1, 0.15) is 18.1 Å². The molecule has 0 N–H and O–H groups in total. The molecule has 14 heavy (non-hydrogen) atoms. The van der Waals surface area contributed by atoms with Gasteiger partial charge in [-0.15, -0.1) is 0 Å². The first-order valence-electron chi connectivity index (χ1n) is 4.41. The van der Waals surface area contributed by atoms with Gasteiger partial charge in [-0.05, 0) is 42.3 Å². The van der Waals surface area contributed by atoms with E-state index in [1.807, 2.05) is 19.1 Å². The zero-order valence-corrected chi connectivity index (χ0v) is 7.86. The summed E-state index contributed by atoms with van der Waals surface area (Å²) in [5.41, 5.74) is 2.00. The van der Waals surface area contributed by atoms with Crippen LogP contribution >= 0.6 is 0 Å². The predicted molar refractivity (Wildman–Crippen MR) is 56.5 cm³/mol. The van der Waals surface area contributed by atoms with E-state index >= 15 is 0 Å². The summed E-state index contributed by atoms with van der Waals surface area (Å²) in [6, 6.07) is 6.71. The van der Waals surface area contributed by atoms with E-state index in [1.54, 1.807) is 30.5 Å². The van der Waals surface area contributed by atoms with Crippen LogP contribution in [-0.2, 0) is 4.74 Å². The molecule has 0 bridgehead atoms. The molecule has 0 spiro atoms. The van der Waals surface area contributed by atoms with Crippen molar-refractivity contribution < 1.29 is 4.74 Å². The molecule has 0 fully saturated rings. The Bertz CT molecular complexity index is 470. The molecule has 70 valence electrons. The normalized spacial score (nSPS) is 13.6. The van der Waals surface area contributed by atoms with E-state index in [2.05, 4.69) is 0 Å². The van der Waals surface area contributed by atoms with Crippen LogP contribution in [0.2, 0.25) is 0 Å². The first-order chi connectivity index (χ1) is 6.75. The van der Waals surface area contributed by atoms with E-state index in [0.29, 0.717) is 0 Å². The summed E-state index contributed by atoms with van der Waals surface area (Å²) >= 11 is 0. The van der Waals surface area contributed by atoms with E-state index in [0.717, 1.165) is 16.9 Å². The first-order valence-corrected chi connectivity index (χ1v) is 4.41. The molecule has 2 heteroatoms. The summed E-state index contributed by atoms with van der Waals surface area (Å²) < 4.78 is 5.25. The second kappa shape index (κ2) is 3.50. The largest absolute Gasteiger partial charge is 0.470 e. The highest BCUT2D eigenvalue weighted by Crippen LogP contribution is 2.17. The number of allylic oxidation sites excluding steroid dienone is 1. The SMILES string of the molecule is CC1=Cc2ccc(=O)ccc2C=CO1. The molecular formula is C12H10O2. The minimum absolute atomic E-state index is 0.0124. The van der Waals surface area contributed by atoms with Gasteiger partial charge in [-0.3, -0.25) is 4.79 Å². The van der Waals surface area contributed by atoms with Gasteiger partial charge in [0.2, 0.25) is 0 Å². The Hall–Kier alpha value is -1.83. The molecule has 0 aromatic heterocycles. The van der Waals surface area contributed by atoms with Crippen molar-refractivity contribution in [2.24, 2.45) is 0 Å². The third-order valence-corrected chi connectivity index (χ3v) is 2.05. The second-order valence-electron chi connectivity index (χ2n) is 3.16. The minimum atomic E-state index is 0.0124. The summed E-state index contributed by atoms with van der Waals surface area (Å²) in [6.45, 7) is 1.88. The maximum Gasteiger partial charge on any atom is 0.178 e. The Balaban J connectivity index is 2.69. The van der Waals surface area contributed by atoms with Crippen molar-refractivity contribution in [3.05, 3.63) is 57.6 Å². The number of rotatable bonds is 0. The molecule has 1 aromatic carbocycles. The Morgan fingerprint density at radius 1 is 1.07 bits per heavy atom. The van der Waals surface area contributed by atoms with E-state index in [-0.39, 0.29) is 5.43 Å². The molecular weight excluding hydrogens is 176 g/mol. The van der Waals surface area contributed by atoms with Crippen LogP contribution in [0.15, 0.2) is 41.1 Å². The lowest BCUT2D eigenvalue weighted by Crippen LogP contribution is -1.87. The molecule has 0 radical (unpaired) electrons. The summed E-state index contributed by atoms with van der Waals surface area (Å²) in [5.74, 6) is 0.818. The lowest BCUT2D eigenvalue weighted by atomic mass is 10.1. The average molecular weight is 186 g/mol. The van der Waals surface area contributed by atoms with Gasteiger partial charge in [-0.2, -0.15) is 0 Å². The van der Waals surface area contributed by atoms with E-state index in [1.165, 1.54) is 0 Å². The number of fused-ring (bicyclic) bond motifs is 1. The Morgan fingerprint density at radius 3 is 2.57 bits per heavy atom. The fraction of sp³-hybridized carbons (Fsp3) is 0.0833. The second-order valence-corrected chi connectivity index (χ2v) is 3.16. The lowest BCUT2D eigenvalue weighted by Gasteiger charge is -1.94. The van der Waals surface area contributed by atoms with Crippen LogP contribution in [0.4, 0.5) is 0 Å². The molecule has 0 saturated carbocycles. The summed E-state index contributed by atoms with van der Waals surface area (Å²) in [7, 11) is 0. The van der Waals surface area contributed by atoms with Gasteiger partial charge in [0.05, 0.1) is 6.26 Å². The molecule has 1 aliphatic heterocycles. The van der Waals surface area contributed by atoms with E-state index < -0.39 is 0 Å². The van der Waals surface area contributed by atoms with Gasteiger partial charge < -0.3 is 4.74 Å². The van der Waals surface area contributed by atoms with Gasteiger partial charge >= 0.3 is 0 Å². The van der Waals surface area contributed by atoms with Crippen LogP contribution in [0.5, 0.6) is 0 Å². The number of hydrogen-bond acceptors (Lipinski definition) is 2. The number of ether oxygens (including phenoxy) is 1. The quantitative estimate of drug-likeness (QED) is 0.622. The van der Waals surface area contributed by atoms with Gasteiger partial charge in [0.15, 0.2) is 5.43 Å². The number of hydrogen-bond donors (Lipinski definition) is 0. The van der Waals surface area contributed by atoms with Crippen LogP contribution in [0.3, 0.4) is 0 Å². The molecule has 2 nitrogen and oxygen atoms in total. The van der Waals surface area contributed by atoms with E-state index in [9.17, 15) is 4.79 Å². The fourth-order valence-corrected chi connectivity index (χ4v) is 1.34. The molecule has 0 unspecified atom stereocenters. The van der Waals surface area contributed by atoms with Gasteiger partial charge in [-0.25, -0.2) is 0 Å². The molecule has 1 heterocycles. The zero-order chi connectivity index (χ0) is 9.97. The third-order valence-electron chi connectivity index (χ3n) is 2.05. The van der Waals surface area contributed by atoms with Crippen LogP contribution in [0.25, 0.3) is 12.2 Å². The van der Waals surface area contributed by atoms with Crippen LogP contribution in [-0.4, -0.2) is 0 Å². The highest BCUT2D eigenvalue weighted by atomic mass is 16.5. The van der Waals surface area contributed by atoms with Crippen molar-refractivity contribution >= 4 is 12.2 Å². The van der Waals surface area contributed by atoms with E-state index in [4.69, 9.17) is 4.74 Å². The fourth-order valence-electron chi connectivity index (χ4n) is 1.34. The maximum absolute atomic E-state index is 11.1. The topological polar surface area (TPSA) is 26.3 Å².